The van der Waals surface area contributed by atoms with E-state index >= 15 is 0 Å². The van der Waals surface area contributed by atoms with Crippen molar-refractivity contribution in [2.45, 2.75) is 6.92 Å². The molecule has 0 aliphatic carbocycles. The van der Waals surface area contributed by atoms with E-state index in [2.05, 4.69) is 4.98 Å². The highest BCUT2D eigenvalue weighted by atomic mass is 35.5. The number of pyridine rings is 1. The number of nitrogens with zero attached hydrogens (tertiary/aromatic N) is 3. The van der Waals surface area contributed by atoms with Gasteiger partial charge in [0.1, 0.15) is 10.9 Å². The van der Waals surface area contributed by atoms with Crippen molar-refractivity contribution >= 4 is 23.0 Å². The molecule has 21 heavy (non-hydrogen) atoms. The van der Waals surface area contributed by atoms with Gasteiger partial charge in [0.25, 0.3) is 5.69 Å². The molecule has 0 bridgehead atoms. The lowest BCUT2D eigenvalue weighted by Gasteiger charge is -2.08. The van der Waals surface area contributed by atoms with Gasteiger partial charge in [-0.05, 0) is 24.6 Å². The molecule has 0 fully saturated rings. The second kappa shape index (κ2) is 5.71. The second-order valence-electron chi connectivity index (χ2n) is 4.02. The lowest BCUT2D eigenvalue weighted by molar-refractivity contribution is -0.386. The molecular formula is C12H8ClN3O5. The molecule has 1 heterocycles. The molecule has 1 aromatic carbocycles. The number of nitro groups is 2. The Morgan fingerprint density at radius 1 is 1.14 bits per heavy atom. The van der Waals surface area contributed by atoms with Gasteiger partial charge in [-0.15, -0.1) is 0 Å². The second-order valence-corrected chi connectivity index (χ2v) is 4.41. The van der Waals surface area contributed by atoms with Gasteiger partial charge in [-0.2, -0.15) is 4.98 Å². The molecule has 108 valence electrons. The van der Waals surface area contributed by atoms with Crippen LogP contribution in [-0.2, 0) is 0 Å². The van der Waals surface area contributed by atoms with Gasteiger partial charge in [-0.3, -0.25) is 20.2 Å². The minimum Gasteiger partial charge on any atom is -0.433 e. The number of aromatic nitrogens is 1. The third-order valence-corrected chi connectivity index (χ3v) is 2.80. The number of rotatable bonds is 4. The molecule has 1 aromatic heterocycles. The fourth-order valence-corrected chi connectivity index (χ4v) is 1.68. The van der Waals surface area contributed by atoms with E-state index in [-0.39, 0.29) is 28.2 Å². The summed E-state index contributed by atoms with van der Waals surface area (Å²) < 4.78 is 5.33. The van der Waals surface area contributed by atoms with Crippen LogP contribution < -0.4 is 4.74 Å². The number of halogens is 1. The van der Waals surface area contributed by atoms with E-state index < -0.39 is 9.85 Å². The maximum absolute atomic E-state index is 10.9. The quantitative estimate of drug-likeness (QED) is 0.484. The van der Waals surface area contributed by atoms with Crippen LogP contribution in [0.5, 0.6) is 11.6 Å². The van der Waals surface area contributed by atoms with Crippen molar-refractivity contribution < 1.29 is 14.6 Å². The number of non-ortho nitro benzene ring substituents is 1. The van der Waals surface area contributed by atoms with Crippen molar-refractivity contribution in [1.82, 2.24) is 4.98 Å². The molecule has 0 N–H and O–H groups in total. The highest BCUT2D eigenvalue weighted by Gasteiger charge is 2.20. The predicted molar refractivity (Wildman–Crippen MR) is 73.8 cm³/mol. The van der Waals surface area contributed by atoms with Gasteiger partial charge < -0.3 is 4.74 Å². The molecule has 9 heteroatoms. The maximum atomic E-state index is 10.9. The van der Waals surface area contributed by atoms with Crippen LogP contribution in [0.1, 0.15) is 5.56 Å². The van der Waals surface area contributed by atoms with Crippen LogP contribution in [0.3, 0.4) is 0 Å². The van der Waals surface area contributed by atoms with E-state index in [4.69, 9.17) is 16.3 Å². The van der Waals surface area contributed by atoms with Gasteiger partial charge in [-0.1, -0.05) is 11.6 Å². The summed E-state index contributed by atoms with van der Waals surface area (Å²) in [5, 5.41) is 21.7. The summed E-state index contributed by atoms with van der Waals surface area (Å²) in [6.07, 6.45) is 0. The van der Waals surface area contributed by atoms with Crippen molar-refractivity contribution in [3.8, 4) is 11.6 Å². The monoisotopic (exact) mass is 309 g/mol. The van der Waals surface area contributed by atoms with Gasteiger partial charge in [-0.25, -0.2) is 0 Å². The molecule has 2 aromatic rings. The maximum Gasteiger partial charge on any atom is 0.331 e. The molecule has 0 radical (unpaired) electrons. The summed E-state index contributed by atoms with van der Waals surface area (Å²) >= 11 is 5.69. The first kappa shape index (κ1) is 14.7. The van der Waals surface area contributed by atoms with E-state index in [9.17, 15) is 20.2 Å². The van der Waals surface area contributed by atoms with Gasteiger partial charge in [0.05, 0.1) is 15.9 Å². The zero-order valence-electron chi connectivity index (χ0n) is 10.6. The number of hydrogen-bond donors (Lipinski definition) is 0. The minimum absolute atomic E-state index is 0.0127. The van der Waals surface area contributed by atoms with Crippen molar-refractivity contribution in [3.63, 3.8) is 0 Å². The zero-order valence-corrected chi connectivity index (χ0v) is 11.4. The number of benzene rings is 1. The Bertz CT molecular complexity index is 735. The Hall–Kier alpha value is -2.74. The molecule has 2 rings (SSSR count). The number of aryl methyl sites for hydroxylation is 1. The molecule has 0 saturated carbocycles. The number of nitro benzene ring substituents is 1. The standard InChI is InChI=1S/C12H8ClN3O5/c1-7-2-3-8(15(17)18)6-10(7)21-12-9(16(19)20)4-5-11(13)14-12/h2-6H,1H3. The topological polar surface area (TPSA) is 108 Å². The average molecular weight is 310 g/mol. The van der Waals surface area contributed by atoms with Crippen LogP contribution in [0.4, 0.5) is 11.4 Å². The van der Waals surface area contributed by atoms with Crippen molar-refractivity contribution in [2.75, 3.05) is 0 Å². The Morgan fingerprint density at radius 2 is 1.86 bits per heavy atom. The molecule has 0 aliphatic rings. The highest BCUT2D eigenvalue weighted by Crippen LogP contribution is 2.33. The zero-order chi connectivity index (χ0) is 15.6. The lowest BCUT2D eigenvalue weighted by atomic mass is 10.2. The third kappa shape index (κ3) is 3.23. The summed E-state index contributed by atoms with van der Waals surface area (Å²) in [5.41, 5.74) is -0.0118. The summed E-state index contributed by atoms with van der Waals surface area (Å²) in [4.78, 5) is 24.1. The van der Waals surface area contributed by atoms with E-state index in [1.165, 1.54) is 24.3 Å². The Morgan fingerprint density at radius 3 is 2.48 bits per heavy atom. The molecule has 0 unspecified atom stereocenters. The van der Waals surface area contributed by atoms with Crippen LogP contribution in [-0.4, -0.2) is 14.8 Å². The summed E-state index contributed by atoms with van der Waals surface area (Å²) in [6.45, 7) is 1.65. The predicted octanol–water partition coefficient (Wildman–Crippen LogP) is 3.65. The van der Waals surface area contributed by atoms with Crippen molar-refractivity contribution in [2.24, 2.45) is 0 Å². The first-order chi connectivity index (χ1) is 9.88. The highest BCUT2D eigenvalue weighted by molar-refractivity contribution is 6.29. The van der Waals surface area contributed by atoms with Crippen molar-refractivity contribution in [3.05, 3.63) is 61.3 Å². The molecule has 0 amide bonds. The van der Waals surface area contributed by atoms with Gasteiger partial charge in [0, 0.05) is 12.1 Å². The Kier molecular flexibility index (Phi) is 3.99. The van der Waals surface area contributed by atoms with Crippen LogP contribution in [0.2, 0.25) is 5.15 Å². The fraction of sp³-hybridized carbons (Fsp3) is 0.0833. The molecule has 0 aliphatic heterocycles. The summed E-state index contributed by atoms with van der Waals surface area (Å²) in [6, 6.07) is 6.36. The van der Waals surface area contributed by atoms with Crippen molar-refractivity contribution in [1.29, 1.82) is 0 Å². The van der Waals surface area contributed by atoms with E-state index in [1.807, 2.05) is 0 Å². The number of hydrogen-bond acceptors (Lipinski definition) is 6. The average Bonchev–Trinajstić information content (AvgIpc) is 2.40. The first-order valence-electron chi connectivity index (χ1n) is 5.62. The van der Waals surface area contributed by atoms with Crippen LogP contribution >= 0.6 is 11.6 Å². The smallest absolute Gasteiger partial charge is 0.331 e. The van der Waals surface area contributed by atoms with E-state index in [1.54, 1.807) is 6.92 Å². The summed E-state index contributed by atoms with van der Waals surface area (Å²) in [5.74, 6) is -0.224. The van der Waals surface area contributed by atoms with Crippen LogP contribution in [0, 0.1) is 27.2 Å². The minimum atomic E-state index is -0.675. The largest absolute Gasteiger partial charge is 0.433 e. The fourth-order valence-electron chi connectivity index (χ4n) is 1.54. The number of ether oxygens (including phenoxy) is 1. The Labute approximate surface area is 123 Å². The van der Waals surface area contributed by atoms with Gasteiger partial charge >= 0.3 is 11.6 Å². The van der Waals surface area contributed by atoms with E-state index in [0.29, 0.717) is 5.56 Å². The third-order valence-electron chi connectivity index (χ3n) is 2.59. The molecular weight excluding hydrogens is 302 g/mol. The van der Waals surface area contributed by atoms with Crippen LogP contribution in [0.25, 0.3) is 0 Å². The Balaban J connectivity index is 2.47. The molecule has 0 atom stereocenters. The van der Waals surface area contributed by atoms with Gasteiger partial charge in [0.2, 0.25) is 0 Å². The first-order valence-corrected chi connectivity index (χ1v) is 6.00. The SMILES string of the molecule is Cc1ccc([N+](=O)[O-])cc1Oc1nc(Cl)ccc1[N+](=O)[O-]. The summed E-state index contributed by atoms with van der Waals surface area (Å²) in [7, 11) is 0. The van der Waals surface area contributed by atoms with Crippen LogP contribution in [0.15, 0.2) is 30.3 Å². The molecule has 0 saturated heterocycles. The lowest BCUT2D eigenvalue weighted by Crippen LogP contribution is -1.98. The molecule has 8 nitrogen and oxygen atoms in total. The van der Waals surface area contributed by atoms with Gasteiger partial charge in [0.15, 0.2) is 0 Å². The molecule has 0 spiro atoms. The van der Waals surface area contributed by atoms with E-state index in [0.717, 1.165) is 6.07 Å². The normalized spacial score (nSPS) is 10.2.